The van der Waals surface area contributed by atoms with Crippen molar-refractivity contribution >= 4 is 5.91 Å². The summed E-state index contributed by atoms with van der Waals surface area (Å²) in [7, 11) is 0. The van der Waals surface area contributed by atoms with Crippen molar-refractivity contribution in [1.29, 1.82) is 0 Å². The maximum Gasteiger partial charge on any atom is 0.272 e. The van der Waals surface area contributed by atoms with Gasteiger partial charge in [0.25, 0.3) is 5.91 Å². The summed E-state index contributed by atoms with van der Waals surface area (Å²) >= 11 is 0. The lowest BCUT2D eigenvalue weighted by atomic mass is 10.1. The molecule has 0 radical (unpaired) electrons. The number of nitrogens with zero attached hydrogens (tertiary/aromatic N) is 1. The van der Waals surface area contributed by atoms with Crippen molar-refractivity contribution in [1.82, 2.24) is 15.5 Å². The number of aromatic amines is 1. The Morgan fingerprint density at radius 3 is 2.67 bits per heavy atom. The van der Waals surface area contributed by atoms with Crippen molar-refractivity contribution < 1.29 is 4.79 Å². The average molecular weight is 247 g/mol. The molecule has 0 saturated heterocycles. The average Bonchev–Trinajstić information content (AvgIpc) is 2.87. The van der Waals surface area contributed by atoms with E-state index in [0.717, 1.165) is 37.7 Å². The third kappa shape index (κ3) is 2.28. The van der Waals surface area contributed by atoms with E-state index in [1.54, 1.807) is 0 Å². The van der Waals surface area contributed by atoms with Gasteiger partial charge in [-0.2, -0.15) is 5.10 Å². The van der Waals surface area contributed by atoms with Gasteiger partial charge in [0, 0.05) is 17.3 Å². The van der Waals surface area contributed by atoms with Crippen molar-refractivity contribution in [3.05, 3.63) is 17.0 Å². The van der Waals surface area contributed by atoms with E-state index in [2.05, 4.69) is 15.5 Å². The highest BCUT2D eigenvalue weighted by atomic mass is 16.2. The van der Waals surface area contributed by atoms with Crippen molar-refractivity contribution in [2.75, 3.05) is 0 Å². The Morgan fingerprint density at radius 1 is 1.11 bits per heavy atom. The van der Waals surface area contributed by atoms with Gasteiger partial charge in [-0.1, -0.05) is 25.7 Å². The van der Waals surface area contributed by atoms with Gasteiger partial charge in [0.05, 0.1) is 0 Å². The number of nitrogens with one attached hydrogen (secondary N) is 2. The number of amides is 1. The van der Waals surface area contributed by atoms with Crippen molar-refractivity contribution in [2.24, 2.45) is 0 Å². The lowest BCUT2D eigenvalue weighted by molar-refractivity contribution is 0.0927. The van der Waals surface area contributed by atoms with Crippen LogP contribution in [0.1, 0.15) is 66.7 Å². The summed E-state index contributed by atoms with van der Waals surface area (Å²) in [5, 5.41) is 10.4. The molecule has 1 saturated carbocycles. The molecule has 98 valence electrons. The van der Waals surface area contributed by atoms with Gasteiger partial charge in [0.15, 0.2) is 5.69 Å². The summed E-state index contributed by atoms with van der Waals surface area (Å²) in [6, 6.07) is 0.355. The third-order valence-corrected chi connectivity index (χ3v) is 4.21. The van der Waals surface area contributed by atoms with Crippen LogP contribution in [0.4, 0.5) is 0 Å². The van der Waals surface area contributed by atoms with E-state index in [9.17, 15) is 4.79 Å². The lowest BCUT2D eigenvalue weighted by Gasteiger charge is -2.15. The molecular formula is C14H21N3O. The van der Waals surface area contributed by atoms with E-state index in [1.165, 1.54) is 31.4 Å². The first-order valence-electron chi connectivity index (χ1n) is 7.21. The quantitative estimate of drug-likeness (QED) is 0.788. The fourth-order valence-corrected chi connectivity index (χ4v) is 3.18. The number of hydrogen-bond acceptors (Lipinski definition) is 2. The van der Waals surface area contributed by atoms with Crippen LogP contribution in [0.3, 0.4) is 0 Å². The van der Waals surface area contributed by atoms with Gasteiger partial charge in [-0.05, 0) is 32.1 Å². The van der Waals surface area contributed by atoms with Crippen LogP contribution in [0.2, 0.25) is 0 Å². The van der Waals surface area contributed by atoms with Gasteiger partial charge in [-0.15, -0.1) is 0 Å². The summed E-state index contributed by atoms with van der Waals surface area (Å²) in [6.45, 7) is 0. The molecule has 4 heteroatoms. The molecule has 1 aromatic heterocycles. The molecule has 1 amide bonds. The number of carbonyl (C=O) groups is 1. The van der Waals surface area contributed by atoms with Crippen LogP contribution in [-0.2, 0) is 12.8 Å². The van der Waals surface area contributed by atoms with Crippen molar-refractivity contribution in [3.8, 4) is 0 Å². The van der Waals surface area contributed by atoms with Gasteiger partial charge < -0.3 is 5.32 Å². The van der Waals surface area contributed by atoms with E-state index >= 15 is 0 Å². The zero-order valence-corrected chi connectivity index (χ0v) is 10.8. The minimum absolute atomic E-state index is 0.0290. The highest BCUT2D eigenvalue weighted by Gasteiger charge is 2.24. The minimum atomic E-state index is 0.0290. The summed E-state index contributed by atoms with van der Waals surface area (Å²) in [5.74, 6) is 0.0290. The van der Waals surface area contributed by atoms with Crippen LogP contribution in [0, 0.1) is 0 Å². The number of aromatic nitrogens is 2. The fraction of sp³-hybridized carbons (Fsp3) is 0.714. The molecule has 4 nitrogen and oxygen atoms in total. The highest BCUT2D eigenvalue weighted by Crippen LogP contribution is 2.23. The monoisotopic (exact) mass is 247 g/mol. The van der Waals surface area contributed by atoms with E-state index in [4.69, 9.17) is 0 Å². The lowest BCUT2D eigenvalue weighted by Crippen LogP contribution is -2.35. The predicted molar refractivity (Wildman–Crippen MR) is 69.6 cm³/mol. The molecule has 2 aliphatic carbocycles. The zero-order valence-electron chi connectivity index (χ0n) is 10.8. The number of hydrogen-bond donors (Lipinski definition) is 2. The molecule has 1 heterocycles. The number of H-pyrrole nitrogens is 1. The first kappa shape index (κ1) is 11.8. The molecule has 0 aliphatic heterocycles. The summed E-state index contributed by atoms with van der Waals surface area (Å²) < 4.78 is 0. The summed E-state index contributed by atoms with van der Waals surface area (Å²) in [6.07, 6.45) is 10.5. The Labute approximate surface area is 108 Å². The van der Waals surface area contributed by atoms with Crippen LogP contribution in [0.15, 0.2) is 0 Å². The molecule has 3 rings (SSSR count). The SMILES string of the molecule is O=C(NC1CCCCCC1)c1n[nH]c2c1CCC2. The minimum Gasteiger partial charge on any atom is -0.348 e. The van der Waals surface area contributed by atoms with Gasteiger partial charge in [0.2, 0.25) is 0 Å². The number of aryl methyl sites for hydroxylation is 1. The van der Waals surface area contributed by atoms with E-state index in [1.807, 2.05) is 0 Å². The Bertz CT molecular complexity index is 430. The molecule has 1 aromatic rings. The molecule has 18 heavy (non-hydrogen) atoms. The summed E-state index contributed by atoms with van der Waals surface area (Å²) in [4.78, 5) is 12.3. The van der Waals surface area contributed by atoms with Crippen molar-refractivity contribution in [2.45, 2.75) is 63.8 Å². The zero-order chi connectivity index (χ0) is 12.4. The second-order valence-electron chi connectivity index (χ2n) is 5.54. The Balaban J connectivity index is 1.66. The molecule has 2 aliphatic rings. The van der Waals surface area contributed by atoms with Gasteiger partial charge in [0.1, 0.15) is 0 Å². The van der Waals surface area contributed by atoms with Crippen LogP contribution in [-0.4, -0.2) is 22.1 Å². The van der Waals surface area contributed by atoms with Gasteiger partial charge in [-0.25, -0.2) is 0 Å². The first-order chi connectivity index (χ1) is 8.84. The molecule has 0 bridgehead atoms. The Hall–Kier alpha value is -1.32. The molecule has 2 N–H and O–H groups in total. The van der Waals surface area contributed by atoms with Crippen molar-refractivity contribution in [3.63, 3.8) is 0 Å². The normalized spacial score (nSPS) is 20.4. The fourth-order valence-electron chi connectivity index (χ4n) is 3.18. The maximum absolute atomic E-state index is 12.3. The van der Waals surface area contributed by atoms with Crippen LogP contribution in [0.25, 0.3) is 0 Å². The topological polar surface area (TPSA) is 57.8 Å². The highest BCUT2D eigenvalue weighted by molar-refractivity contribution is 5.94. The van der Waals surface area contributed by atoms with Crippen LogP contribution < -0.4 is 5.32 Å². The van der Waals surface area contributed by atoms with Crippen LogP contribution >= 0.6 is 0 Å². The molecule has 0 aromatic carbocycles. The third-order valence-electron chi connectivity index (χ3n) is 4.21. The first-order valence-corrected chi connectivity index (χ1v) is 7.21. The smallest absolute Gasteiger partial charge is 0.272 e. The van der Waals surface area contributed by atoms with Gasteiger partial charge in [-0.3, -0.25) is 9.89 Å². The largest absolute Gasteiger partial charge is 0.348 e. The second kappa shape index (κ2) is 5.12. The number of carbonyl (C=O) groups excluding carboxylic acids is 1. The number of rotatable bonds is 2. The molecule has 0 unspecified atom stereocenters. The van der Waals surface area contributed by atoms with E-state index in [0.29, 0.717) is 11.7 Å². The standard InChI is InChI=1S/C14H21N3O/c18-14(15-10-6-3-1-2-4-7-10)13-11-8-5-9-12(11)16-17-13/h10H,1-9H2,(H,15,18)(H,16,17). The molecular weight excluding hydrogens is 226 g/mol. The molecule has 0 atom stereocenters. The van der Waals surface area contributed by atoms with E-state index in [-0.39, 0.29) is 5.91 Å². The molecule has 1 fully saturated rings. The maximum atomic E-state index is 12.3. The van der Waals surface area contributed by atoms with Gasteiger partial charge >= 0.3 is 0 Å². The second-order valence-corrected chi connectivity index (χ2v) is 5.54. The van der Waals surface area contributed by atoms with Crippen LogP contribution in [0.5, 0.6) is 0 Å². The van der Waals surface area contributed by atoms with E-state index < -0.39 is 0 Å². The number of fused-ring (bicyclic) bond motifs is 1. The Morgan fingerprint density at radius 2 is 1.89 bits per heavy atom. The molecule has 0 spiro atoms. The summed E-state index contributed by atoms with van der Waals surface area (Å²) in [5.41, 5.74) is 2.97. The Kier molecular flexibility index (Phi) is 3.35. The predicted octanol–water partition coefficient (Wildman–Crippen LogP) is 2.35.